The molecule has 11 heteroatoms. The summed E-state index contributed by atoms with van der Waals surface area (Å²) >= 11 is 0. The van der Waals surface area contributed by atoms with Gasteiger partial charge in [-0.1, -0.05) is 260 Å². The van der Waals surface area contributed by atoms with Crippen molar-refractivity contribution in [1.82, 2.24) is 5.32 Å². The summed E-state index contributed by atoms with van der Waals surface area (Å²) in [7, 11) is 0. The van der Waals surface area contributed by atoms with Crippen LogP contribution in [0.2, 0.25) is 0 Å². The zero-order valence-corrected chi connectivity index (χ0v) is 49.1. The lowest BCUT2D eigenvalue weighted by molar-refractivity contribution is -0.305. The molecule has 0 saturated carbocycles. The summed E-state index contributed by atoms with van der Waals surface area (Å²) in [6.45, 7) is 5.65. The van der Waals surface area contributed by atoms with Crippen LogP contribution in [0.1, 0.15) is 258 Å². The van der Waals surface area contributed by atoms with Crippen LogP contribution >= 0.6 is 0 Å². The number of unbranched alkanes of at least 4 members (excludes halogenated alkanes) is 26. The molecule has 1 amide bonds. The summed E-state index contributed by atoms with van der Waals surface area (Å²) in [5, 5.41) is 56.9. The first-order valence-electron chi connectivity index (χ1n) is 31.4. The minimum absolute atomic E-state index is 0.122. The van der Waals surface area contributed by atoms with E-state index in [1.54, 1.807) is 6.08 Å². The summed E-state index contributed by atoms with van der Waals surface area (Å²) < 4.78 is 17.6. The topological polar surface area (TPSA) is 175 Å². The van der Waals surface area contributed by atoms with Gasteiger partial charge in [-0.25, -0.2) is 0 Å². The molecule has 0 aromatic carbocycles. The lowest BCUT2D eigenvalue weighted by Gasteiger charge is -2.41. The standard InChI is InChI=1S/C66H115NO10/c1-4-7-10-13-16-19-22-24-25-26-27-28-29-30-31-32-33-34-36-38-41-44-47-50-53-59(70)65(74)67-57(58(69)52-49-46-43-40-37-21-18-15-12-9-6-3)56-75-66-64(63(73)62(72)60(55-68)76-66)77-61(71)54-51-48-45-42-39-35-23-20-17-14-11-8-5-2/h7,10,16,19,24-25,27-28,30-31,33-34,49,52,57-60,62-64,66,68-70,72-73H,4-6,8-9,11-15,17-18,20-23,26,29,32,35-48,50-51,53-56H2,1-3H3,(H,67,74)/b10-7-,19-16-,25-24-,28-27-,31-30-,34-33-,52-49+. The predicted molar refractivity (Wildman–Crippen MR) is 319 cm³/mol. The van der Waals surface area contributed by atoms with Crippen molar-refractivity contribution in [1.29, 1.82) is 0 Å². The predicted octanol–water partition coefficient (Wildman–Crippen LogP) is 14.9. The number of carbonyl (C=O) groups is 2. The van der Waals surface area contributed by atoms with Crippen molar-refractivity contribution in [3.63, 3.8) is 0 Å². The van der Waals surface area contributed by atoms with Gasteiger partial charge in [0.2, 0.25) is 5.91 Å². The fraction of sp³-hybridized carbons (Fsp3) is 0.758. The van der Waals surface area contributed by atoms with E-state index in [0.717, 1.165) is 109 Å². The Morgan fingerprint density at radius 1 is 0.519 bits per heavy atom. The second-order valence-corrected chi connectivity index (χ2v) is 21.4. The van der Waals surface area contributed by atoms with Crippen molar-refractivity contribution in [2.75, 3.05) is 13.2 Å². The first kappa shape index (κ1) is 71.9. The van der Waals surface area contributed by atoms with Gasteiger partial charge in [0.15, 0.2) is 12.4 Å². The Morgan fingerprint density at radius 3 is 1.40 bits per heavy atom. The summed E-state index contributed by atoms with van der Waals surface area (Å²) in [6.07, 6.45) is 59.1. The molecule has 0 aromatic rings. The SMILES string of the molecule is CC/C=C\C/C=C\C/C=C\C/C=C\C/C=C\C/C=C\CCCCCCCC(O)C(=O)NC(COC1OC(CO)C(O)C(O)C1OC(=O)CCCCCCCCCCCCCCC)C(O)/C=C/CCCCCCCCCCC. The third-order valence-corrected chi connectivity index (χ3v) is 14.3. The van der Waals surface area contributed by atoms with Gasteiger partial charge in [0.05, 0.1) is 25.4 Å². The molecule has 0 spiro atoms. The number of hydrogen-bond donors (Lipinski definition) is 6. The summed E-state index contributed by atoms with van der Waals surface area (Å²) in [5.74, 6) is -1.21. The third-order valence-electron chi connectivity index (χ3n) is 14.3. The quantitative estimate of drug-likeness (QED) is 0.0195. The fourth-order valence-corrected chi connectivity index (χ4v) is 9.36. The maximum Gasteiger partial charge on any atom is 0.306 e. The van der Waals surface area contributed by atoms with Crippen LogP contribution in [0.4, 0.5) is 0 Å². The number of aliphatic hydroxyl groups excluding tert-OH is 5. The smallest absolute Gasteiger partial charge is 0.306 e. The number of nitrogens with one attached hydrogen (secondary N) is 1. The molecule has 1 rings (SSSR count). The van der Waals surface area contributed by atoms with Crippen molar-refractivity contribution < 1.29 is 49.3 Å². The molecule has 8 unspecified atom stereocenters. The Labute approximate surface area is 470 Å². The fourth-order valence-electron chi connectivity index (χ4n) is 9.36. The molecule has 444 valence electrons. The number of aliphatic hydroxyl groups is 5. The average molecular weight is 1080 g/mol. The van der Waals surface area contributed by atoms with Crippen LogP contribution in [0.3, 0.4) is 0 Å². The third kappa shape index (κ3) is 41.5. The molecule has 0 aliphatic carbocycles. The van der Waals surface area contributed by atoms with Gasteiger partial charge in [-0.3, -0.25) is 9.59 Å². The number of ether oxygens (including phenoxy) is 3. The van der Waals surface area contributed by atoms with Crippen LogP contribution < -0.4 is 5.32 Å². The molecular weight excluding hydrogens is 967 g/mol. The van der Waals surface area contributed by atoms with Crippen LogP contribution in [0.15, 0.2) is 85.1 Å². The molecule has 77 heavy (non-hydrogen) atoms. The van der Waals surface area contributed by atoms with Gasteiger partial charge in [0.25, 0.3) is 0 Å². The number of esters is 1. The summed E-state index contributed by atoms with van der Waals surface area (Å²) in [4.78, 5) is 26.5. The van der Waals surface area contributed by atoms with Crippen LogP contribution in [0, 0.1) is 0 Å². The molecule has 8 atom stereocenters. The van der Waals surface area contributed by atoms with E-state index in [2.05, 4.69) is 99.0 Å². The molecule has 11 nitrogen and oxygen atoms in total. The Balaban J connectivity index is 2.65. The molecule has 0 radical (unpaired) electrons. The number of carbonyl (C=O) groups excluding carboxylic acids is 2. The van der Waals surface area contributed by atoms with Gasteiger partial charge in [-0.15, -0.1) is 0 Å². The van der Waals surface area contributed by atoms with E-state index in [-0.39, 0.29) is 19.4 Å². The molecule has 1 aliphatic rings. The summed E-state index contributed by atoms with van der Waals surface area (Å²) in [6, 6.07) is -1.03. The number of rotatable bonds is 52. The molecule has 1 aliphatic heterocycles. The maximum atomic E-state index is 13.4. The van der Waals surface area contributed by atoms with E-state index in [4.69, 9.17) is 14.2 Å². The monoisotopic (exact) mass is 1080 g/mol. The first-order chi connectivity index (χ1) is 37.7. The van der Waals surface area contributed by atoms with Gasteiger partial charge in [0, 0.05) is 6.42 Å². The van der Waals surface area contributed by atoms with Crippen LogP contribution in [0.25, 0.3) is 0 Å². The van der Waals surface area contributed by atoms with Crippen LogP contribution in [-0.2, 0) is 23.8 Å². The molecular formula is C66H115NO10. The molecule has 1 fully saturated rings. The Hall–Kier alpha value is -3.16. The number of hydrogen-bond acceptors (Lipinski definition) is 10. The van der Waals surface area contributed by atoms with E-state index in [1.807, 2.05) is 6.08 Å². The van der Waals surface area contributed by atoms with Crippen molar-refractivity contribution in [2.24, 2.45) is 0 Å². The number of allylic oxidation sites excluding steroid dienone is 13. The highest BCUT2D eigenvalue weighted by atomic mass is 16.7. The van der Waals surface area contributed by atoms with Gasteiger partial charge < -0.3 is 45.1 Å². The van der Waals surface area contributed by atoms with E-state index >= 15 is 0 Å². The minimum Gasteiger partial charge on any atom is -0.454 e. The van der Waals surface area contributed by atoms with E-state index in [0.29, 0.717) is 12.8 Å². The van der Waals surface area contributed by atoms with E-state index in [1.165, 1.54) is 103 Å². The highest BCUT2D eigenvalue weighted by Crippen LogP contribution is 2.26. The molecule has 0 bridgehead atoms. The summed E-state index contributed by atoms with van der Waals surface area (Å²) in [5.41, 5.74) is 0. The second kappa shape index (κ2) is 53.5. The average Bonchev–Trinajstić information content (AvgIpc) is 3.44. The Kier molecular flexibility index (Phi) is 49.9. The van der Waals surface area contributed by atoms with E-state index in [9.17, 15) is 35.1 Å². The molecule has 1 saturated heterocycles. The van der Waals surface area contributed by atoms with Gasteiger partial charge in [0.1, 0.15) is 24.4 Å². The normalized spacial score (nSPS) is 19.6. The lowest BCUT2D eigenvalue weighted by atomic mass is 9.99. The lowest BCUT2D eigenvalue weighted by Crippen LogP contribution is -2.61. The number of amides is 1. The van der Waals surface area contributed by atoms with E-state index < -0.39 is 67.4 Å². The largest absolute Gasteiger partial charge is 0.454 e. The highest BCUT2D eigenvalue weighted by Gasteiger charge is 2.47. The molecule has 0 aromatic heterocycles. The Morgan fingerprint density at radius 2 is 0.935 bits per heavy atom. The zero-order valence-electron chi connectivity index (χ0n) is 49.1. The van der Waals surface area contributed by atoms with Crippen molar-refractivity contribution >= 4 is 11.9 Å². The molecule has 6 N–H and O–H groups in total. The minimum atomic E-state index is -1.62. The van der Waals surface area contributed by atoms with Crippen LogP contribution in [-0.4, -0.2) is 99.6 Å². The van der Waals surface area contributed by atoms with Gasteiger partial charge >= 0.3 is 5.97 Å². The maximum absolute atomic E-state index is 13.4. The van der Waals surface area contributed by atoms with Crippen molar-refractivity contribution in [2.45, 2.75) is 307 Å². The van der Waals surface area contributed by atoms with Crippen molar-refractivity contribution in [3.8, 4) is 0 Å². The zero-order chi connectivity index (χ0) is 56.1. The second-order valence-electron chi connectivity index (χ2n) is 21.4. The van der Waals surface area contributed by atoms with Gasteiger partial charge in [-0.2, -0.15) is 0 Å². The van der Waals surface area contributed by atoms with Crippen molar-refractivity contribution in [3.05, 3.63) is 85.1 Å². The van der Waals surface area contributed by atoms with Gasteiger partial charge in [-0.05, 0) is 77.0 Å². The first-order valence-corrected chi connectivity index (χ1v) is 31.4. The highest BCUT2D eigenvalue weighted by molar-refractivity contribution is 5.80. The molecule has 1 heterocycles. The Bertz CT molecular complexity index is 1570. The van der Waals surface area contributed by atoms with Crippen LogP contribution in [0.5, 0.6) is 0 Å².